The van der Waals surface area contributed by atoms with Crippen LogP contribution in [0, 0.1) is 17.7 Å². The van der Waals surface area contributed by atoms with E-state index in [1.165, 1.54) is 31.9 Å². The Morgan fingerprint density at radius 1 is 1.29 bits per heavy atom. The number of fused-ring (bicyclic) bond motifs is 3. The summed E-state index contributed by atoms with van der Waals surface area (Å²) >= 11 is 0. The van der Waals surface area contributed by atoms with Gasteiger partial charge in [-0.1, -0.05) is 12.8 Å². The van der Waals surface area contributed by atoms with E-state index in [-0.39, 0.29) is 11.9 Å². The molecule has 1 aliphatic heterocycles. The molecule has 2 N–H and O–H groups in total. The van der Waals surface area contributed by atoms with Gasteiger partial charge in [-0.05, 0) is 38.0 Å². The van der Waals surface area contributed by atoms with Crippen LogP contribution in [0.5, 0.6) is 0 Å². The molecular formula is C16H21FN4. The first-order chi connectivity index (χ1) is 10.2. The van der Waals surface area contributed by atoms with Gasteiger partial charge in [0.15, 0.2) is 17.5 Å². The molecule has 5 rings (SSSR count). The van der Waals surface area contributed by atoms with Crippen LogP contribution >= 0.6 is 0 Å². The summed E-state index contributed by atoms with van der Waals surface area (Å²) in [6.07, 6.45) is 9.57. The smallest absolute Gasteiger partial charge is 0.183 e. The fourth-order valence-corrected chi connectivity index (χ4v) is 3.93. The van der Waals surface area contributed by atoms with Crippen molar-refractivity contribution < 1.29 is 4.39 Å². The number of halogens is 1. The molecule has 2 heterocycles. The minimum atomic E-state index is -0.347. The minimum absolute atomic E-state index is 0.244. The first kappa shape index (κ1) is 13.0. The summed E-state index contributed by atoms with van der Waals surface area (Å²) in [7, 11) is 0. The van der Waals surface area contributed by atoms with Crippen molar-refractivity contribution >= 4 is 11.4 Å². The van der Waals surface area contributed by atoms with Gasteiger partial charge in [-0.25, -0.2) is 14.4 Å². The van der Waals surface area contributed by atoms with Crippen molar-refractivity contribution in [3.63, 3.8) is 0 Å². The van der Waals surface area contributed by atoms with E-state index in [1.54, 1.807) is 0 Å². The average molecular weight is 288 g/mol. The molecule has 4 nitrogen and oxygen atoms in total. The predicted octanol–water partition coefficient (Wildman–Crippen LogP) is 2.94. The Morgan fingerprint density at radius 3 is 2.67 bits per heavy atom. The standard InChI is InChI=1S/C16H21FN4/c1-9-12(7-18-9)15-19-8-13(17)16(21-15)20-14-6-10-2-4-11(14)5-3-10/h7-11,14,18H,2-6H2,1H3,(H,19,20,21). The lowest BCUT2D eigenvalue weighted by molar-refractivity contribution is 0.157. The largest absolute Gasteiger partial charge is 0.384 e. The first-order valence-corrected chi connectivity index (χ1v) is 7.96. The van der Waals surface area contributed by atoms with E-state index in [4.69, 9.17) is 0 Å². The molecule has 3 aliphatic carbocycles. The van der Waals surface area contributed by atoms with Gasteiger partial charge >= 0.3 is 0 Å². The molecular weight excluding hydrogens is 267 g/mol. The summed E-state index contributed by atoms with van der Waals surface area (Å²) in [5, 5.41) is 6.50. The van der Waals surface area contributed by atoms with E-state index in [2.05, 4.69) is 27.5 Å². The zero-order valence-electron chi connectivity index (χ0n) is 12.3. The van der Waals surface area contributed by atoms with Gasteiger partial charge in [0.25, 0.3) is 0 Å². The van der Waals surface area contributed by atoms with Crippen LogP contribution in [0.4, 0.5) is 10.2 Å². The normalized spacial score (nSPS) is 33.9. The van der Waals surface area contributed by atoms with Gasteiger partial charge in [0.1, 0.15) is 0 Å². The molecule has 2 atom stereocenters. The molecule has 1 aromatic rings. The van der Waals surface area contributed by atoms with Crippen LogP contribution in [-0.4, -0.2) is 22.1 Å². The van der Waals surface area contributed by atoms with Crippen LogP contribution in [-0.2, 0) is 0 Å². The lowest BCUT2D eigenvalue weighted by Gasteiger charge is -2.42. The molecule has 4 aliphatic rings. The molecule has 112 valence electrons. The summed E-state index contributed by atoms with van der Waals surface area (Å²) < 4.78 is 14.0. The molecule has 0 saturated heterocycles. The Bertz CT molecular complexity index is 578. The van der Waals surface area contributed by atoms with E-state index in [9.17, 15) is 4.39 Å². The van der Waals surface area contributed by atoms with Crippen molar-refractivity contribution in [2.24, 2.45) is 11.8 Å². The fourth-order valence-electron chi connectivity index (χ4n) is 3.93. The van der Waals surface area contributed by atoms with Crippen molar-refractivity contribution in [3.05, 3.63) is 24.0 Å². The van der Waals surface area contributed by atoms with Crippen molar-refractivity contribution in [1.82, 2.24) is 15.3 Å². The maximum atomic E-state index is 14.0. The van der Waals surface area contributed by atoms with Gasteiger partial charge in [-0.15, -0.1) is 0 Å². The van der Waals surface area contributed by atoms with Crippen LogP contribution in [0.15, 0.2) is 12.4 Å². The van der Waals surface area contributed by atoms with Crippen molar-refractivity contribution in [3.8, 4) is 0 Å². The third-order valence-electron chi connectivity index (χ3n) is 5.33. The number of aromatic nitrogens is 2. The van der Waals surface area contributed by atoms with Gasteiger partial charge in [0.05, 0.1) is 12.2 Å². The molecule has 0 radical (unpaired) electrons. The third-order valence-corrected chi connectivity index (χ3v) is 5.33. The van der Waals surface area contributed by atoms with E-state index in [0.29, 0.717) is 23.6 Å². The molecule has 2 bridgehead atoms. The van der Waals surface area contributed by atoms with Gasteiger partial charge in [0.2, 0.25) is 0 Å². The van der Waals surface area contributed by atoms with Gasteiger partial charge in [-0.3, -0.25) is 0 Å². The zero-order valence-corrected chi connectivity index (χ0v) is 12.3. The van der Waals surface area contributed by atoms with Crippen LogP contribution < -0.4 is 10.6 Å². The number of nitrogens with one attached hydrogen (secondary N) is 2. The minimum Gasteiger partial charge on any atom is -0.384 e. The third kappa shape index (κ3) is 2.28. The summed E-state index contributed by atoms with van der Waals surface area (Å²) in [4.78, 5) is 8.53. The predicted molar refractivity (Wildman–Crippen MR) is 80.0 cm³/mol. The fraction of sp³-hybridized carbons (Fsp3) is 0.625. The van der Waals surface area contributed by atoms with Gasteiger partial charge in [0, 0.05) is 17.8 Å². The number of hydrogen-bond acceptors (Lipinski definition) is 4. The van der Waals surface area contributed by atoms with Crippen molar-refractivity contribution in [2.45, 2.75) is 51.1 Å². The Labute approximate surface area is 124 Å². The number of hydrogen-bond donors (Lipinski definition) is 2. The molecule has 21 heavy (non-hydrogen) atoms. The molecule has 0 spiro atoms. The highest BCUT2D eigenvalue weighted by molar-refractivity contribution is 5.69. The molecule has 2 unspecified atom stereocenters. The quantitative estimate of drug-likeness (QED) is 0.898. The highest BCUT2D eigenvalue weighted by Gasteiger charge is 2.36. The average Bonchev–Trinajstić information content (AvgIpc) is 2.50. The highest BCUT2D eigenvalue weighted by atomic mass is 19.1. The van der Waals surface area contributed by atoms with Gasteiger partial charge in [-0.2, -0.15) is 0 Å². The van der Waals surface area contributed by atoms with E-state index < -0.39 is 0 Å². The second-order valence-corrected chi connectivity index (χ2v) is 6.65. The molecule has 0 aromatic carbocycles. The second kappa shape index (κ2) is 4.97. The Balaban J connectivity index is 1.55. The maximum Gasteiger partial charge on any atom is 0.183 e. The van der Waals surface area contributed by atoms with E-state index in [1.807, 2.05) is 6.20 Å². The number of rotatable bonds is 3. The SMILES string of the molecule is CC1NC=C1c1ncc(F)c(NC2CC3CCC2CC3)n1. The zero-order chi connectivity index (χ0) is 14.4. The lowest BCUT2D eigenvalue weighted by atomic mass is 9.68. The summed E-state index contributed by atoms with van der Waals surface area (Å²) in [5.74, 6) is 2.15. The second-order valence-electron chi connectivity index (χ2n) is 6.65. The van der Waals surface area contributed by atoms with E-state index >= 15 is 0 Å². The molecule has 3 saturated carbocycles. The van der Waals surface area contributed by atoms with Crippen LogP contribution in [0.1, 0.15) is 44.9 Å². The Kier molecular flexibility index (Phi) is 3.08. The van der Waals surface area contributed by atoms with E-state index in [0.717, 1.165) is 17.9 Å². The van der Waals surface area contributed by atoms with Crippen molar-refractivity contribution in [2.75, 3.05) is 5.32 Å². The maximum absolute atomic E-state index is 14.0. The number of nitrogens with zero attached hydrogens (tertiary/aromatic N) is 2. The molecule has 1 aromatic heterocycles. The van der Waals surface area contributed by atoms with Crippen LogP contribution in [0.2, 0.25) is 0 Å². The summed E-state index contributed by atoms with van der Waals surface area (Å²) in [6.45, 7) is 2.05. The topological polar surface area (TPSA) is 49.8 Å². The highest BCUT2D eigenvalue weighted by Crippen LogP contribution is 2.42. The monoisotopic (exact) mass is 288 g/mol. The van der Waals surface area contributed by atoms with Crippen LogP contribution in [0.3, 0.4) is 0 Å². The Morgan fingerprint density at radius 2 is 2.10 bits per heavy atom. The Hall–Kier alpha value is -1.65. The summed E-state index contributed by atoms with van der Waals surface area (Å²) in [6, 6.07) is 0.620. The lowest BCUT2D eigenvalue weighted by Crippen LogP contribution is -2.40. The van der Waals surface area contributed by atoms with Gasteiger partial charge < -0.3 is 10.6 Å². The molecule has 0 amide bonds. The first-order valence-electron chi connectivity index (χ1n) is 7.96. The molecule has 3 fully saturated rings. The molecule has 5 heteroatoms. The summed E-state index contributed by atoms with van der Waals surface area (Å²) in [5.41, 5.74) is 1.04. The van der Waals surface area contributed by atoms with Crippen molar-refractivity contribution in [1.29, 1.82) is 0 Å². The van der Waals surface area contributed by atoms with Crippen LogP contribution in [0.25, 0.3) is 5.57 Å². The number of anilines is 1.